The lowest BCUT2D eigenvalue weighted by molar-refractivity contribution is 0.0929. The second kappa shape index (κ2) is 8.71. The van der Waals surface area contributed by atoms with Gasteiger partial charge < -0.3 is 0 Å². The molecule has 0 bridgehead atoms. The molecule has 1 fully saturated rings. The Bertz CT molecular complexity index is 926. The van der Waals surface area contributed by atoms with Crippen LogP contribution < -0.4 is 0 Å². The quantitative estimate of drug-likeness (QED) is 0.383. The van der Waals surface area contributed by atoms with Crippen LogP contribution in [0.15, 0.2) is 36.4 Å². The first-order valence-electron chi connectivity index (χ1n) is 10.6. The summed E-state index contributed by atoms with van der Waals surface area (Å²) in [7, 11) is -2.37. The molecule has 3 nitrogen and oxygen atoms in total. The van der Waals surface area contributed by atoms with E-state index in [2.05, 4.69) is 0 Å². The van der Waals surface area contributed by atoms with Gasteiger partial charge in [-0.2, -0.15) is 0 Å². The SMILES string of the molecule is CCc1cccc(CC)c1C(=O)C1([P](=O)C(=O)c2c(C)cccc2C)CCCC1. The highest BCUT2D eigenvalue weighted by atomic mass is 31.1. The zero-order chi connectivity index (χ0) is 21.2. The van der Waals surface area contributed by atoms with E-state index in [1.165, 1.54) is 0 Å². The molecule has 0 heterocycles. The van der Waals surface area contributed by atoms with Crippen LogP contribution in [0.3, 0.4) is 0 Å². The van der Waals surface area contributed by atoms with Crippen molar-refractivity contribution in [1.82, 2.24) is 0 Å². The second-order valence-electron chi connectivity index (χ2n) is 8.09. The average Bonchev–Trinajstić information content (AvgIpc) is 3.22. The molecule has 1 radical (unpaired) electrons. The molecule has 0 aromatic heterocycles. The lowest BCUT2D eigenvalue weighted by Crippen LogP contribution is -2.35. The molecule has 3 rings (SSSR count). The minimum Gasteiger partial charge on any atom is -0.293 e. The highest BCUT2D eigenvalue weighted by Crippen LogP contribution is 2.54. The van der Waals surface area contributed by atoms with Gasteiger partial charge in [0, 0.05) is 11.1 Å². The van der Waals surface area contributed by atoms with E-state index in [0.29, 0.717) is 24.0 Å². The van der Waals surface area contributed by atoms with E-state index in [-0.39, 0.29) is 11.3 Å². The summed E-state index contributed by atoms with van der Waals surface area (Å²) >= 11 is 0. The summed E-state index contributed by atoms with van der Waals surface area (Å²) in [5.41, 5.74) is 4.48. The van der Waals surface area contributed by atoms with E-state index < -0.39 is 13.0 Å². The summed E-state index contributed by atoms with van der Waals surface area (Å²) in [5.74, 6) is -0.0787. The first-order valence-corrected chi connectivity index (χ1v) is 11.9. The molecule has 1 aliphatic rings. The summed E-state index contributed by atoms with van der Waals surface area (Å²) in [6.07, 6.45) is 4.21. The molecule has 2 aromatic rings. The van der Waals surface area contributed by atoms with Gasteiger partial charge in [0.25, 0.3) is 0 Å². The fraction of sp³-hybridized carbons (Fsp3) is 0.440. The maximum absolute atomic E-state index is 13.9. The standard InChI is InChI=1S/C25H30O3P/c1-5-19-13-10-14-20(6-2)22(19)23(26)25(15-7-8-16-25)29(28)24(27)21-17(3)11-9-12-18(21)4/h9-14H,5-8,15-16H2,1-4H3. The van der Waals surface area contributed by atoms with Gasteiger partial charge in [-0.15, -0.1) is 0 Å². The van der Waals surface area contributed by atoms with Crippen LogP contribution in [0, 0.1) is 13.8 Å². The predicted octanol–water partition coefficient (Wildman–Crippen LogP) is 6.59. The zero-order valence-electron chi connectivity index (χ0n) is 17.9. The molecule has 0 aliphatic heterocycles. The molecule has 4 heteroatoms. The topological polar surface area (TPSA) is 51.2 Å². The van der Waals surface area contributed by atoms with E-state index in [0.717, 1.165) is 47.9 Å². The summed E-state index contributed by atoms with van der Waals surface area (Å²) in [6.45, 7) is 7.81. The van der Waals surface area contributed by atoms with E-state index in [1.54, 1.807) is 0 Å². The van der Waals surface area contributed by atoms with Crippen LogP contribution >= 0.6 is 7.80 Å². The maximum Gasteiger partial charge on any atom is 0.243 e. The predicted molar refractivity (Wildman–Crippen MR) is 119 cm³/mol. The highest BCUT2D eigenvalue weighted by Gasteiger charge is 2.51. The lowest BCUT2D eigenvalue weighted by atomic mass is 9.87. The van der Waals surface area contributed by atoms with Crippen LogP contribution in [0.2, 0.25) is 0 Å². The first-order chi connectivity index (χ1) is 13.9. The Morgan fingerprint density at radius 1 is 0.862 bits per heavy atom. The number of ketones is 1. The van der Waals surface area contributed by atoms with Gasteiger partial charge in [0.2, 0.25) is 5.52 Å². The van der Waals surface area contributed by atoms with Crippen molar-refractivity contribution in [3.05, 3.63) is 69.8 Å². The largest absolute Gasteiger partial charge is 0.293 e. The van der Waals surface area contributed by atoms with Crippen LogP contribution in [0.5, 0.6) is 0 Å². The molecule has 0 N–H and O–H groups in total. The molecule has 1 aliphatic carbocycles. The van der Waals surface area contributed by atoms with Gasteiger partial charge in [0.05, 0.1) is 0 Å². The Labute approximate surface area is 174 Å². The summed E-state index contributed by atoms with van der Waals surface area (Å²) in [6, 6.07) is 11.6. The average molecular weight is 409 g/mol. The molecule has 1 saturated carbocycles. The van der Waals surface area contributed by atoms with Crippen molar-refractivity contribution in [2.75, 3.05) is 0 Å². The number of hydrogen-bond acceptors (Lipinski definition) is 3. The van der Waals surface area contributed by atoms with Gasteiger partial charge in [-0.25, -0.2) is 0 Å². The molecule has 0 saturated heterocycles. The fourth-order valence-corrected chi connectivity index (χ4v) is 6.66. The number of carbonyl (C=O) groups excluding carboxylic acids is 2. The van der Waals surface area contributed by atoms with E-state index in [4.69, 9.17) is 0 Å². The van der Waals surface area contributed by atoms with Crippen LogP contribution in [0.25, 0.3) is 0 Å². The maximum atomic E-state index is 13.9. The zero-order valence-corrected chi connectivity index (χ0v) is 18.8. The van der Waals surface area contributed by atoms with Crippen molar-refractivity contribution >= 4 is 19.1 Å². The first kappa shape index (κ1) is 21.6. The molecule has 0 amide bonds. The van der Waals surface area contributed by atoms with Gasteiger partial charge in [0.15, 0.2) is 13.6 Å². The lowest BCUT2D eigenvalue weighted by Gasteiger charge is -2.28. The number of carbonyl (C=O) groups is 2. The fourth-order valence-electron chi connectivity index (χ4n) is 4.70. The number of aryl methyl sites for hydroxylation is 4. The molecule has 29 heavy (non-hydrogen) atoms. The minimum absolute atomic E-state index is 0.0787. The van der Waals surface area contributed by atoms with E-state index >= 15 is 0 Å². The van der Waals surface area contributed by atoms with E-state index in [1.807, 2.05) is 64.1 Å². The van der Waals surface area contributed by atoms with Gasteiger partial charge in [-0.3, -0.25) is 14.2 Å². The van der Waals surface area contributed by atoms with Crippen molar-refractivity contribution in [2.24, 2.45) is 0 Å². The van der Waals surface area contributed by atoms with Gasteiger partial charge >= 0.3 is 0 Å². The molecule has 2 aromatic carbocycles. The third-order valence-corrected chi connectivity index (χ3v) is 8.37. The third-order valence-electron chi connectivity index (χ3n) is 6.35. The van der Waals surface area contributed by atoms with Crippen LogP contribution in [0.4, 0.5) is 0 Å². The number of benzene rings is 2. The Balaban J connectivity index is 2.11. The molecular formula is C25H30O3P. The normalized spacial score (nSPS) is 15.9. The van der Waals surface area contributed by atoms with Crippen molar-refractivity contribution in [2.45, 2.75) is 71.4 Å². The summed E-state index contributed by atoms with van der Waals surface area (Å²) in [5, 5.41) is -1.07. The highest BCUT2D eigenvalue weighted by molar-refractivity contribution is 7.67. The summed E-state index contributed by atoms with van der Waals surface area (Å²) in [4.78, 5) is 27.3. The van der Waals surface area contributed by atoms with Gasteiger partial charge in [0.1, 0.15) is 5.16 Å². The van der Waals surface area contributed by atoms with Crippen molar-refractivity contribution < 1.29 is 14.2 Å². The van der Waals surface area contributed by atoms with Crippen molar-refractivity contribution in [3.8, 4) is 0 Å². The Kier molecular flexibility index (Phi) is 6.49. The third kappa shape index (κ3) is 3.73. The number of Topliss-reactive ketones (excluding diaryl/α,β-unsaturated/α-hetero) is 1. The molecule has 1 unspecified atom stereocenters. The Morgan fingerprint density at radius 2 is 1.34 bits per heavy atom. The summed E-state index contributed by atoms with van der Waals surface area (Å²) < 4.78 is 13.8. The number of rotatable bonds is 7. The second-order valence-corrected chi connectivity index (χ2v) is 9.94. The monoisotopic (exact) mass is 409 g/mol. The van der Waals surface area contributed by atoms with Crippen LogP contribution in [-0.2, 0) is 17.4 Å². The van der Waals surface area contributed by atoms with Gasteiger partial charge in [-0.05, 0) is 61.8 Å². The molecule has 153 valence electrons. The Morgan fingerprint density at radius 3 is 1.83 bits per heavy atom. The van der Waals surface area contributed by atoms with Crippen molar-refractivity contribution in [3.63, 3.8) is 0 Å². The van der Waals surface area contributed by atoms with E-state index in [9.17, 15) is 14.2 Å². The van der Waals surface area contributed by atoms with Crippen molar-refractivity contribution in [1.29, 1.82) is 0 Å². The van der Waals surface area contributed by atoms with Crippen LogP contribution in [0.1, 0.15) is 82.5 Å². The molecule has 0 spiro atoms. The molecular weight excluding hydrogens is 379 g/mol. The minimum atomic E-state index is -2.37. The van der Waals surface area contributed by atoms with Gasteiger partial charge in [-0.1, -0.05) is 63.1 Å². The Hall–Kier alpha value is -2.12. The smallest absolute Gasteiger partial charge is 0.243 e. The molecule has 1 atom stereocenters. The number of hydrogen-bond donors (Lipinski definition) is 0. The van der Waals surface area contributed by atoms with Crippen LogP contribution in [-0.4, -0.2) is 16.5 Å².